The van der Waals surface area contributed by atoms with Crippen molar-refractivity contribution in [3.8, 4) is 0 Å². The molecule has 0 bridgehead atoms. The molecule has 20 heavy (non-hydrogen) atoms. The van der Waals surface area contributed by atoms with E-state index in [9.17, 15) is 20.4 Å². The summed E-state index contributed by atoms with van der Waals surface area (Å²) in [6.45, 7) is 4.36. The Morgan fingerprint density at radius 2 is 1.75 bits per heavy atom. The van der Waals surface area contributed by atoms with E-state index >= 15 is 0 Å². The second-order valence-corrected chi connectivity index (χ2v) is 8.59. The molecule has 2 rings (SSSR count). The van der Waals surface area contributed by atoms with Crippen molar-refractivity contribution >= 4 is 11.8 Å². The monoisotopic (exact) mass is 304 g/mol. The molecule has 0 aromatic heterocycles. The Hall–Kier alpha value is 0.190. The van der Waals surface area contributed by atoms with E-state index in [2.05, 4.69) is 13.8 Å². The Morgan fingerprint density at radius 3 is 2.40 bits per heavy atom. The van der Waals surface area contributed by atoms with Crippen LogP contribution in [-0.2, 0) is 0 Å². The molecule has 2 aliphatic rings. The van der Waals surface area contributed by atoms with Crippen molar-refractivity contribution in [3.05, 3.63) is 0 Å². The second-order valence-electron chi connectivity index (χ2n) is 7.17. The van der Waals surface area contributed by atoms with Crippen molar-refractivity contribution < 1.29 is 20.4 Å². The van der Waals surface area contributed by atoms with E-state index < -0.39 is 23.6 Å². The average molecular weight is 304 g/mol. The summed E-state index contributed by atoms with van der Waals surface area (Å²) in [6, 6.07) is 0. The third-order valence-electron chi connectivity index (χ3n) is 4.89. The third kappa shape index (κ3) is 3.50. The van der Waals surface area contributed by atoms with Crippen molar-refractivity contribution in [3.63, 3.8) is 0 Å². The van der Waals surface area contributed by atoms with E-state index in [4.69, 9.17) is 0 Å². The standard InChI is InChI=1S/C15H28O4S/c1-15(2)6-4-3-5-9(7-15)14-13(19)12(18)11(17)10(8-16)20-14/h9-14,16-19H,3-8H2,1-2H3/t9?,10-,11+,12+,13-,14+/m1/s1. The SMILES string of the molecule is CC1(C)CCCCC([C@@H]2S[C@H](CO)[C@H](O)[C@H](O)[C@H]2O)C1. The fourth-order valence-electron chi connectivity index (χ4n) is 3.72. The predicted molar refractivity (Wildman–Crippen MR) is 80.6 cm³/mol. The summed E-state index contributed by atoms with van der Waals surface area (Å²) in [5.41, 5.74) is 0.261. The van der Waals surface area contributed by atoms with Gasteiger partial charge in [0.05, 0.1) is 24.1 Å². The minimum absolute atomic E-state index is 0.0945. The Balaban J connectivity index is 2.13. The molecule has 4 N–H and O–H groups in total. The van der Waals surface area contributed by atoms with Crippen LogP contribution in [0.3, 0.4) is 0 Å². The van der Waals surface area contributed by atoms with Gasteiger partial charge in [0.2, 0.25) is 0 Å². The van der Waals surface area contributed by atoms with Crippen LogP contribution in [0.4, 0.5) is 0 Å². The highest BCUT2D eigenvalue weighted by molar-refractivity contribution is 8.00. The molecule has 2 fully saturated rings. The van der Waals surface area contributed by atoms with Crippen LogP contribution >= 0.6 is 11.8 Å². The summed E-state index contributed by atoms with van der Waals surface area (Å²) >= 11 is 1.46. The van der Waals surface area contributed by atoms with Crippen LogP contribution in [0.1, 0.15) is 46.0 Å². The van der Waals surface area contributed by atoms with Gasteiger partial charge in [-0.15, -0.1) is 11.8 Å². The maximum absolute atomic E-state index is 10.3. The molecule has 0 spiro atoms. The van der Waals surface area contributed by atoms with Gasteiger partial charge in [-0.25, -0.2) is 0 Å². The van der Waals surface area contributed by atoms with E-state index in [1.54, 1.807) is 0 Å². The van der Waals surface area contributed by atoms with Crippen LogP contribution in [0.25, 0.3) is 0 Å². The first-order valence-electron chi connectivity index (χ1n) is 7.66. The van der Waals surface area contributed by atoms with Gasteiger partial charge in [-0.05, 0) is 30.6 Å². The van der Waals surface area contributed by atoms with Gasteiger partial charge in [-0.1, -0.05) is 26.7 Å². The topological polar surface area (TPSA) is 80.9 Å². The highest BCUT2D eigenvalue weighted by Gasteiger charge is 2.46. The van der Waals surface area contributed by atoms with Crippen molar-refractivity contribution in [1.82, 2.24) is 0 Å². The van der Waals surface area contributed by atoms with E-state index in [1.165, 1.54) is 24.6 Å². The summed E-state index contributed by atoms with van der Waals surface area (Å²) in [6.07, 6.45) is 2.55. The molecular formula is C15H28O4S. The fraction of sp³-hybridized carbons (Fsp3) is 1.00. The Morgan fingerprint density at radius 1 is 1.05 bits per heavy atom. The molecule has 1 aliphatic carbocycles. The third-order valence-corrected chi connectivity index (χ3v) is 6.64. The lowest BCUT2D eigenvalue weighted by molar-refractivity contribution is -0.0760. The van der Waals surface area contributed by atoms with E-state index in [0.29, 0.717) is 5.92 Å². The molecule has 0 radical (unpaired) electrons. The number of aliphatic hydroxyl groups excluding tert-OH is 4. The van der Waals surface area contributed by atoms with Crippen LogP contribution in [0.5, 0.6) is 0 Å². The largest absolute Gasteiger partial charge is 0.395 e. The molecular weight excluding hydrogens is 276 g/mol. The van der Waals surface area contributed by atoms with Crippen LogP contribution in [0.15, 0.2) is 0 Å². The van der Waals surface area contributed by atoms with Gasteiger partial charge in [0.25, 0.3) is 0 Å². The molecule has 1 unspecified atom stereocenters. The molecule has 0 aromatic rings. The van der Waals surface area contributed by atoms with Crippen molar-refractivity contribution in [1.29, 1.82) is 0 Å². The zero-order valence-electron chi connectivity index (χ0n) is 12.4. The molecule has 1 saturated heterocycles. The molecule has 5 heteroatoms. The van der Waals surface area contributed by atoms with Gasteiger partial charge < -0.3 is 20.4 Å². The lowest BCUT2D eigenvalue weighted by atomic mass is 9.78. The van der Waals surface area contributed by atoms with Crippen LogP contribution < -0.4 is 0 Å². The second kappa shape index (κ2) is 6.53. The quantitative estimate of drug-likeness (QED) is 0.576. The van der Waals surface area contributed by atoms with Crippen LogP contribution in [-0.4, -0.2) is 55.8 Å². The molecule has 0 aromatic carbocycles. The maximum Gasteiger partial charge on any atom is 0.108 e. The van der Waals surface area contributed by atoms with E-state index in [-0.39, 0.29) is 17.3 Å². The number of hydrogen-bond acceptors (Lipinski definition) is 5. The van der Waals surface area contributed by atoms with Crippen LogP contribution in [0.2, 0.25) is 0 Å². The molecule has 1 aliphatic heterocycles. The van der Waals surface area contributed by atoms with Gasteiger partial charge in [0, 0.05) is 5.25 Å². The van der Waals surface area contributed by atoms with E-state index in [1.807, 2.05) is 0 Å². The first-order chi connectivity index (χ1) is 9.35. The zero-order valence-corrected chi connectivity index (χ0v) is 13.2. The van der Waals surface area contributed by atoms with Gasteiger partial charge >= 0.3 is 0 Å². The summed E-state index contributed by atoms with van der Waals surface area (Å²) in [5.74, 6) is 0.337. The van der Waals surface area contributed by atoms with Crippen molar-refractivity contribution in [2.45, 2.75) is 74.8 Å². The Bertz CT molecular complexity index is 321. The number of hydrogen-bond donors (Lipinski definition) is 4. The number of thioether (sulfide) groups is 1. The summed E-state index contributed by atoms with van der Waals surface area (Å²) in [5, 5.41) is 39.1. The summed E-state index contributed by atoms with van der Waals surface area (Å²) in [4.78, 5) is 0. The van der Waals surface area contributed by atoms with Crippen LogP contribution in [0, 0.1) is 11.3 Å². The first kappa shape index (κ1) is 16.6. The fourth-order valence-corrected chi connectivity index (χ4v) is 5.31. The molecule has 4 nitrogen and oxygen atoms in total. The molecule has 118 valence electrons. The molecule has 1 heterocycles. The first-order valence-corrected chi connectivity index (χ1v) is 8.60. The molecule has 1 saturated carbocycles. The Labute approximate surface area is 125 Å². The van der Waals surface area contributed by atoms with Crippen molar-refractivity contribution in [2.24, 2.45) is 11.3 Å². The normalized spacial score (nSPS) is 45.9. The van der Waals surface area contributed by atoms with Crippen molar-refractivity contribution in [2.75, 3.05) is 6.61 Å². The van der Waals surface area contributed by atoms with Gasteiger partial charge in [-0.2, -0.15) is 0 Å². The van der Waals surface area contributed by atoms with Gasteiger partial charge in [0.15, 0.2) is 0 Å². The zero-order chi connectivity index (χ0) is 14.9. The maximum atomic E-state index is 10.3. The number of rotatable bonds is 2. The summed E-state index contributed by atoms with van der Waals surface area (Å²) < 4.78 is 0. The Kier molecular flexibility index (Phi) is 5.40. The number of aliphatic hydroxyl groups is 4. The lowest BCUT2D eigenvalue weighted by Crippen LogP contribution is -2.56. The molecule has 0 amide bonds. The predicted octanol–water partition coefficient (Wildman–Crippen LogP) is 1.15. The van der Waals surface area contributed by atoms with Gasteiger partial charge in [0.1, 0.15) is 6.10 Å². The highest BCUT2D eigenvalue weighted by atomic mass is 32.2. The smallest absolute Gasteiger partial charge is 0.108 e. The lowest BCUT2D eigenvalue weighted by Gasteiger charge is -2.43. The molecule has 6 atom stereocenters. The highest BCUT2D eigenvalue weighted by Crippen LogP contribution is 2.45. The van der Waals surface area contributed by atoms with E-state index in [0.717, 1.165) is 19.3 Å². The average Bonchev–Trinajstić information content (AvgIpc) is 2.57. The minimum atomic E-state index is -1.15. The minimum Gasteiger partial charge on any atom is -0.395 e. The van der Waals surface area contributed by atoms with Gasteiger partial charge in [-0.3, -0.25) is 0 Å². The summed E-state index contributed by atoms with van der Waals surface area (Å²) in [7, 11) is 0.